The van der Waals surface area contributed by atoms with Gasteiger partial charge in [0.15, 0.2) is 0 Å². The van der Waals surface area contributed by atoms with Gasteiger partial charge in [-0.3, -0.25) is 10.1 Å². The van der Waals surface area contributed by atoms with Crippen molar-refractivity contribution in [1.29, 1.82) is 0 Å². The maximum atomic E-state index is 14.5. The minimum Gasteiger partial charge on any atom is -0.384 e. The number of aromatic nitrogens is 5. The van der Waals surface area contributed by atoms with Crippen LogP contribution in [0.25, 0.3) is 22.6 Å². The van der Waals surface area contributed by atoms with Gasteiger partial charge in [0.1, 0.15) is 22.9 Å². The summed E-state index contributed by atoms with van der Waals surface area (Å²) >= 11 is 0. The lowest BCUT2D eigenvalue weighted by atomic mass is 9.66. The monoisotopic (exact) mass is 487 g/mol. The lowest BCUT2D eigenvalue weighted by Gasteiger charge is -2.37. The number of nitrogens with zero attached hydrogens (tertiary/aromatic N) is 4. The van der Waals surface area contributed by atoms with Crippen LogP contribution in [-0.2, 0) is 11.0 Å². The number of benzene rings is 1. The van der Waals surface area contributed by atoms with Crippen LogP contribution in [0.15, 0.2) is 48.5 Å². The number of rotatable bonds is 4. The Labute approximate surface area is 207 Å². The number of H-pyrrole nitrogens is 1. The predicted octanol–water partition coefficient (Wildman–Crippen LogP) is 5.64. The van der Waals surface area contributed by atoms with Gasteiger partial charge >= 0.3 is 0 Å². The molecule has 2 aliphatic rings. The first-order valence-corrected chi connectivity index (χ1v) is 12.1. The fourth-order valence-electron chi connectivity index (χ4n) is 6.34. The average molecular weight is 488 g/mol. The zero-order valence-electron chi connectivity index (χ0n) is 20.6. The molecule has 8 heteroatoms. The van der Waals surface area contributed by atoms with Gasteiger partial charge < -0.3 is 5.11 Å². The van der Waals surface area contributed by atoms with E-state index in [4.69, 9.17) is 4.98 Å². The van der Waals surface area contributed by atoms with Crippen LogP contribution in [0.1, 0.15) is 69.1 Å². The van der Waals surface area contributed by atoms with E-state index in [0.29, 0.717) is 17.1 Å². The fraction of sp³-hybridized carbons (Fsp3) is 0.357. The molecule has 184 valence electrons. The van der Waals surface area contributed by atoms with Crippen molar-refractivity contribution in [3.63, 3.8) is 0 Å². The van der Waals surface area contributed by atoms with Crippen LogP contribution in [-0.4, -0.2) is 30.5 Å². The summed E-state index contributed by atoms with van der Waals surface area (Å²) in [5, 5.41) is 26.5. The molecule has 36 heavy (non-hydrogen) atoms. The molecule has 0 amide bonds. The molecule has 4 aromatic rings. The predicted molar refractivity (Wildman–Crippen MR) is 131 cm³/mol. The maximum absolute atomic E-state index is 14.5. The van der Waals surface area contributed by atoms with Crippen LogP contribution in [0, 0.1) is 17.0 Å². The molecule has 1 aromatic carbocycles. The van der Waals surface area contributed by atoms with Gasteiger partial charge in [0.25, 0.3) is 0 Å². The highest BCUT2D eigenvalue weighted by atomic mass is 19.1. The second-order valence-electron chi connectivity index (χ2n) is 11.0. The molecule has 0 aliphatic heterocycles. The lowest BCUT2D eigenvalue weighted by molar-refractivity contribution is 0.0738. The first-order valence-electron chi connectivity index (χ1n) is 12.1. The number of nitrogens with one attached hydrogen (secondary N) is 1. The highest BCUT2D eigenvalue weighted by Crippen LogP contribution is 2.69. The van der Waals surface area contributed by atoms with Crippen molar-refractivity contribution in [3.05, 3.63) is 82.8 Å². The molecule has 2 bridgehead atoms. The third-order valence-corrected chi connectivity index (χ3v) is 8.29. The Morgan fingerprint density at radius 2 is 1.69 bits per heavy atom. The van der Waals surface area contributed by atoms with Crippen LogP contribution in [0.4, 0.5) is 8.78 Å². The first-order chi connectivity index (χ1) is 17.0. The van der Waals surface area contributed by atoms with Crippen molar-refractivity contribution in [3.8, 4) is 22.6 Å². The number of pyridine rings is 1. The smallest absolute Gasteiger partial charge is 0.135 e. The van der Waals surface area contributed by atoms with E-state index in [1.54, 1.807) is 13.8 Å². The third-order valence-electron chi connectivity index (χ3n) is 8.29. The third kappa shape index (κ3) is 3.03. The van der Waals surface area contributed by atoms with Gasteiger partial charge in [-0.05, 0) is 80.0 Å². The highest BCUT2D eigenvalue weighted by molar-refractivity contribution is 5.64. The van der Waals surface area contributed by atoms with Crippen LogP contribution in [0.3, 0.4) is 0 Å². The van der Waals surface area contributed by atoms with Crippen molar-refractivity contribution in [2.24, 2.45) is 5.41 Å². The molecule has 3 aromatic heterocycles. The van der Waals surface area contributed by atoms with Gasteiger partial charge in [-0.25, -0.2) is 8.78 Å². The van der Waals surface area contributed by atoms with Crippen LogP contribution >= 0.6 is 0 Å². The second-order valence-corrected chi connectivity index (χ2v) is 11.0. The molecular formula is C28H27F2N5O. The number of halogens is 2. The minimum absolute atomic E-state index is 0.149. The Hall–Kier alpha value is -3.52. The van der Waals surface area contributed by atoms with E-state index in [9.17, 15) is 13.9 Å². The van der Waals surface area contributed by atoms with Crippen LogP contribution < -0.4 is 0 Å². The summed E-state index contributed by atoms with van der Waals surface area (Å²) in [6.07, 6.45) is 1.77. The number of aromatic amines is 1. The van der Waals surface area contributed by atoms with E-state index in [-0.39, 0.29) is 22.6 Å². The van der Waals surface area contributed by atoms with Crippen molar-refractivity contribution >= 4 is 0 Å². The second kappa shape index (κ2) is 7.49. The molecule has 2 atom stereocenters. The van der Waals surface area contributed by atoms with E-state index < -0.39 is 22.7 Å². The molecule has 1 fully saturated rings. The normalized spacial score (nSPS) is 22.1. The summed E-state index contributed by atoms with van der Waals surface area (Å²) in [6, 6.07) is 13.3. The van der Waals surface area contributed by atoms with Gasteiger partial charge in [0, 0.05) is 0 Å². The van der Waals surface area contributed by atoms with Gasteiger partial charge in [-0.1, -0.05) is 26.0 Å². The Balaban J connectivity index is 1.48. The molecule has 6 nitrogen and oxygen atoms in total. The molecule has 0 spiro atoms. The number of hydrogen-bond donors (Lipinski definition) is 2. The Morgan fingerprint density at radius 3 is 2.39 bits per heavy atom. The summed E-state index contributed by atoms with van der Waals surface area (Å²) in [7, 11) is 0. The van der Waals surface area contributed by atoms with Crippen molar-refractivity contribution in [1.82, 2.24) is 25.4 Å². The largest absolute Gasteiger partial charge is 0.384 e. The van der Waals surface area contributed by atoms with Crippen LogP contribution in [0.2, 0.25) is 0 Å². The molecular weight excluding hydrogens is 460 g/mol. The Kier molecular flexibility index (Phi) is 4.77. The van der Waals surface area contributed by atoms with E-state index in [1.165, 1.54) is 18.2 Å². The van der Waals surface area contributed by atoms with Crippen molar-refractivity contribution in [2.75, 3.05) is 0 Å². The standard InChI is InChI=1S/C28H27F2N5O/c1-26(2)16-11-12-28(26,22-10-6-9-19(31-22)20-14-23(34-32-20)27(3,4)36)25-15(16)13-21(33-35-25)24-17(29)7-5-8-18(24)30/h5-10,13-14,16,36H,11-12H2,1-4H3,(H,32,34)/t16-,28-/m0/s1. The summed E-state index contributed by atoms with van der Waals surface area (Å²) in [4.78, 5) is 5.04. The highest BCUT2D eigenvalue weighted by Gasteiger charge is 2.65. The van der Waals surface area contributed by atoms with E-state index in [0.717, 1.165) is 29.8 Å². The van der Waals surface area contributed by atoms with Gasteiger partial charge in [0.05, 0.1) is 39.4 Å². The molecule has 0 radical (unpaired) electrons. The SMILES string of the molecule is CC(C)(O)c1cc(-c2cccc([C@@]34CC[C@@H](c5cc(-c6c(F)cccc6F)nnc53)C4(C)C)n2)n[nH]1. The average Bonchev–Trinajstić information content (AvgIpc) is 3.48. The molecule has 6 rings (SSSR count). The Morgan fingerprint density at radius 1 is 0.972 bits per heavy atom. The van der Waals surface area contributed by atoms with E-state index in [2.05, 4.69) is 34.2 Å². The van der Waals surface area contributed by atoms with E-state index >= 15 is 0 Å². The summed E-state index contributed by atoms with van der Waals surface area (Å²) in [6.45, 7) is 7.82. The number of aliphatic hydroxyl groups is 1. The quantitative estimate of drug-likeness (QED) is 0.389. The first kappa shape index (κ1) is 22.9. The summed E-state index contributed by atoms with van der Waals surface area (Å²) < 4.78 is 29.0. The van der Waals surface area contributed by atoms with Crippen molar-refractivity contribution < 1.29 is 13.9 Å². The van der Waals surface area contributed by atoms with Gasteiger partial charge in [-0.2, -0.15) is 10.2 Å². The van der Waals surface area contributed by atoms with Crippen molar-refractivity contribution in [2.45, 2.75) is 57.5 Å². The van der Waals surface area contributed by atoms with Gasteiger partial charge in [-0.15, -0.1) is 5.10 Å². The van der Waals surface area contributed by atoms with Gasteiger partial charge in [0.2, 0.25) is 0 Å². The maximum Gasteiger partial charge on any atom is 0.135 e. The fourth-order valence-corrected chi connectivity index (χ4v) is 6.34. The molecule has 0 unspecified atom stereocenters. The summed E-state index contributed by atoms with van der Waals surface area (Å²) in [5.74, 6) is -1.14. The van der Waals surface area contributed by atoms with E-state index in [1.807, 2.05) is 30.3 Å². The lowest BCUT2D eigenvalue weighted by Crippen LogP contribution is -2.37. The topological polar surface area (TPSA) is 87.6 Å². The molecule has 2 N–H and O–H groups in total. The molecule has 3 heterocycles. The Bertz CT molecular complexity index is 1490. The molecule has 2 aliphatic carbocycles. The number of fused-ring (bicyclic) bond motifs is 5. The zero-order chi connectivity index (χ0) is 25.5. The number of hydrogen-bond acceptors (Lipinski definition) is 5. The summed E-state index contributed by atoms with van der Waals surface area (Å²) in [5.41, 5.74) is 2.92. The molecule has 0 saturated heterocycles. The molecule has 1 saturated carbocycles. The zero-order valence-corrected chi connectivity index (χ0v) is 20.6. The minimum atomic E-state index is -1.04. The van der Waals surface area contributed by atoms with Crippen LogP contribution in [0.5, 0.6) is 0 Å².